The maximum atomic E-state index is 12.6. The Bertz CT molecular complexity index is 251. The molecule has 1 atom stereocenters. The Morgan fingerprint density at radius 1 is 1.25 bits per heavy atom. The zero-order valence-corrected chi connectivity index (χ0v) is 9.24. The van der Waals surface area contributed by atoms with Crippen LogP contribution in [0.15, 0.2) is 0 Å². The van der Waals surface area contributed by atoms with Crippen LogP contribution in [0.1, 0.15) is 20.3 Å². The highest BCUT2D eigenvalue weighted by Crippen LogP contribution is 2.36. The molecule has 2 nitrogen and oxygen atoms in total. The van der Waals surface area contributed by atoms with Crippen molar-refractivity contribution in [3.63, 3.8) is 0 Å². The fraction of sp³-hybridized carbons (Fsp3) is 0.889. The second kappa shape index (κ2) is 4.97. The van der Waals surface area contributed by atoms with Crippen molar-refractivity contribution < 1.29 is 26.7 Å². The number of hydrogen-bond donors (Lipinski definition) is 0. The van der Waals surface area contributed by atoms with Crippen LogP contribution in [0.25, 0.3) is 0 Å². The molecule has 1 unspecified atom stereocenters. The number of rotatable bonds is 4. The van der Waals surface area contributed by atoms with Crippen LogP contribution in [0.3, 0.4) is 0 Å². The molecule has 0 fully saturated rings. The van der Waals surface area contributed by atoms with E-state index in [0.29, 0.717) is 11.3 Å². The molecule has 0 radical (unpaired) electrons. The highest BCUT2D eigenvalue weighted by atomic mass is 19.4. The summed E-state index contributed by atoms with van der Waals surface area (Å²) < 4.78 is 60.8. The lowest BCUT2D eigenvalue weighted by Gasteiger charge is -2.26. The van der Waals surface area contributed by atoms with E-state index in [1.807, 2.05) is 0 Å². The fourth-order valence-corrected chi connectivity index (χ4v) is 1.04. The van der Waals surface area contributed by atoms with Gasteiger partial charge < -0.3 is 4.90 Å². The molecule has 0 heterocycles. The lowest BCUT2D eigenvalue weighted by atomic mass is 10.1. The summed E-state index contributed by atoms with van der Waals surface area (Å²) in [5, 5.41) is 0. The standard InChI is InChI=1S/C9H14F5NO/c1-4-6(2)5-15(3)7(16)8(10,11)9(12,13)14/h6H,4-5H2,1-3H3. The van der Waals surface area contributed by atoms with Crippen molar-refractivity contribution >= 4 is 5.91 Å². The molecule has 96 valence electrons. The Morgan fingerprint density at radius 2 is 1.69 bits per heavy atom. The van der Waals surface area contributed by atoms with Crippen LogP contribution in [-0.2, 0) is 4.79 Å². The molecule has 0 aliphatic rings. The van der Waals surface area contributed by atoms with E-state index in [-0.39, 0.29) is 12.5 Å². The topological polar surface area (TPSA) is 20.3 Å². The second-order valence-electron chi connectivity index (χ2n) is 3.77. The van der Waals surface area contributed by atoms with Crippen molar-refractivity contribution in [1.29, 1.82) is 0 Å². The molecule has 0 aliphatic heterocycles. The van der Waals surface area contributed by atoms with Gasteiger partial charge in [0.15, 0.2) is 0 Å². The van der Waals surface area contributed by atoms with Crippen molar-refractivity contribution in [2.24, 2.45) is 5.92 Å². The Morgan fingerprint density at radius 3 is 2.00 bits per heavy atom. The van der Waals surface area contributed by atoms with Crippen molar-refractivity contribution in [1.82, 2.24) is 4.90 Å². The number of alkyl halides is 5. The van der Waals surface area contributed by atoms with Crippen LogP contribution in [0.5, 0.6) is 0 Å². The van der Waals surface area contributed by atoms with Gasteiger partial charge in [0.1, 0.15) is 0 Å². The Kier molecular flexibility index (Phi) is 4.69. The monoisotopic (exact) mass is 247 g/mol. The summed E-state index contributed by atoms with van der Waals surface area (Å²) in [5.74, 6) is -7.65. The van der Waals surface area contributed by atoms with Crippen molar-refractivity contribution in [2.75, 3.05) is 13.6 Å². The molecule has 0 saturated carbocycles. The molecule has 0 spiro atoms. The zero-order valence-electron chi connectivity index (χ0n) is 9.24. The van der Waals surface area contributed by atoms with E-state index in [1.54, 1.807) is 13.8 Å². The van der Waals surface area contributed by atoms with E-state index in [9.17, 15) is 26.7 Å². The number of nitrogens with zero attached hydrogens (tertiary/aromatic N) is 1. The van der Waals surface area contributed by atoms with Gasteiger partial charge in [-0.15, -0.1) is 0 Å². The predicted molar refractivity (Wildman–Crippen MR) is 48.1 cm³/mol. The van der Waals surface area contributed by atoms with Crippen molar-refractivity contribution in [2.45, 2.75) is 32.4 Å². The fourth-order valence-electron chi connectivity index (χ4n) is 1.04. The Hall–Kier alpha value is -0.880. The molecule has 0 bridgehead atoms. The van der Waals surface area contributed by atoms with Crippen LogP contribution in [-0.4, -0.2) is 36.5 Å². The Balaban J connectivity index is 4.67. The molecule has 1 amide bonds. The maximum Gasteiger partial charge on any atom is 0.463 e. The average molecular weight is 247 g/mol. The lowest BCUT2D eigenvalue weighted by molar-refractivity contribution is -0.274. The summed E-state index contributed by atoms with van der Waals surface area (Å²) in [6.07, 6.45) is -5.25. The molecule has 0 aromatic rings. The smallest absolute Gasteiger partial charge is 0.340 e. The number of carbonyl (C=O) groups is 1. The molecule has 0 N–H and O–H groups in total. The summed E-state index contributed by atoms with van der Waals surface area (Å²) in [6.45, 7) is 3.29. The SMILES string of the molecule is CCC(C)CN(C)C(=O)C(F)(F)C(F)(F)F. The molecular weight excluding hydrogens is 233 g/mol. The second-order valence-corrected chi connectivity index (χ2v) is 3.77. The van der Waals surface area contributed by atoms with Gasteiger partial charge in [-0.05, 0) is 5.92 Å². The third-order valence-corrected chi connectivity index (χ3v) is 2.25. The maximum absolute atomic E-state index is 12.6. The van der Waals surface area contributed by atoms with E-state index in [2.05, 4.69) is 0 Å². The third-order valence-electron chi connectivity index (χ3n) is 2.25. The van der Waals surface area contributed by atoms with Gasteiger partial charge in [0, 0.05) is 13.6 Å². The summed E-state index contributed by atoms with van der Waals surface area (Å²) in [4.78, 5) is 11.3. The molecule has 0 saturated heterocycles. The van der Waals surface area contributed by atoms with Gasteiger partial charge in [-0.25, -0.2) is 0 Å². The average Bonchev–Trinajstić information content (AvgIpc) is 2.14. The first kappa shape index (κ1) is 15.1. The van der Waals surface area contributed by atoms with Crippen LogP contribution >= 0.6 is 0 Å². The van der Waals surface area contributed by atoms with Crippen molar-refractivity contribution in [3.05, 3.63) is 0 Å². The van der Waals surface area contributed by atoms with E-state index in [0.717, 1.165) is 7.05 Å². The number of carbonyl (C=O) groups excluding carboxylic acids is 1. The van der Waals surface area contributed by atoms with Gasteiger partial charge in [-0.1, -0.05) is 20.3 Å². The number of amides is 1. The molecule has 0 aromatic heterocycles. The van der Waals surface area contributed by atoms with Gasteiger partial charge in [-0.3, -0.25) is 4.79 Å². The predicted octanol–water partition coefficient (Wildman–Crippen LogP) is 2.69. The normalized spacial score (nSPS) is 14.8. The minimum atomic E-state index is -5.84. The van der Waals surface area contributed by atoms with Gasteiger partial charge >= 0.3 is 18.0 Å². The van der Waals surface area contributed by atoms with Gasteiger partial charge in [-0.2, -0.15) is 22.0 Å². The molecule has 0 aliphatic carbocycles. The van der Waals surface area contributed by atoms with Gasteiger partial charge in [0.25, 0.3) is 0 Å². The van der Waals surface area contributed by atoms with Crippen LogP contribution in [0, 0.1) is 5.92 Å². The van der Waals surface area contributed by atoms with E-state index < -0.39 is 18.0 Å². The van der Waals surface area contributed by atoms with E-state index in [4.69, 9.17) is 0 Å². The highest BCUT2D eigenvalue weighted by Gasteiger charge is 2.64. The summed E-state index contributed by atoms with van der Waals surface area (Å²) >= 11 is 0. The summed E-state index contributed by atoms with van der Waals surface area (Å²) in [6, 6.07) is 0. The van der Waals surface area contributed by atoms with Gasteiger partial charge in [0.2, 0.25) is 0 Å². The minimum Gasteiger partial charge on any atom is -0.340 e. The van der Waals surface area contributed by atoms with Crippen LogP contribution < -0.4 is 0 Å². The van der Waals surface area contributed by atoms with Crippen molar-refractivity contribution in [3.8, 4) is 0 Å². The molecule has 7 heteroatoms. The summed E-state index contributed by atoms with van der Waals surface area (Å²) in [7, 11) is 0.939. The first-order chi connectivity index (χ1) is 7.04. The number of hydrogen-bond acceptors (Lipinski definition) is 1. The molecule has 0 rings (SSSR count). The van der Waals surface area contributed by atoms with Crippen LogP contribution in [0.4, 0.5) is 22.0 Å². The van der Waals surface area contributed by atoms with E-state index in [1.165, 1.54) is 0 Å². The first-order valence-corrected chi connectivity index (χ1v) is 4.74. The van der Waals surface area contributed by atoms with E-state index >= 15 is 0 Å². The summed E-state index contributed by atoms with van der Waals surface area (Å²) in [5.41, 5.74) is 0. The van der Waals surface area contributed by atoms with Crippen LogP contribution in [0.2, 0.25) is 0 Å². The third kappa shape index (κ3) is 3.31. The molecule has 16 heavy (non-hydrogen) atoms. The lowest BCUT2D eigenvalue weighted by Crippen LogP contribution is -2.51. The quantitative estimate of drug-likeness (QED) is 0.699. The molecule has 0 aromatic carbocycles. The molecular formula is C9H14F5NO. The largest absolute Gasteiger partial charge is 0.463 e. The minimum absolute atomic E-state index is 0.124. The highest BCUT2D eigenvalue weighted by molar-refractivity contribution is 5.84. The Labute approximate surface area is 90.4 Å². The first-order valence-electron chi connectivity index (χ1n) is 4.74. The van der Waals surface area contributed by atoms with Gasteiger partial charge in [0.05, 0.1) is 0 Å². The zero-order chi connectivity index (χ0) is 13.1. The number of halogens is 5.